The van der Waals surface area contributed by atoms with Crippen LogP contribution in [-0.2, 0) is 33.9 Å². The van der Waals surface area contributed by atoms with Crippen LogP contribution in [0.1, 0.15) is 34.1 Å². The van der Waals surface area contributed by atoms with Gasteiger partial charge in [0, 0.05) is 19.5 Å². The lowest BCUT2D eigenvalue weighted by Crippen LogP contribution is -2.49. The number of hydrogen-bond acceptors (Lipinski definition) is 8. The number of carbonyl (C=O) groups is 3. The molecule has 0 fully saturated rings. The summed E-state index contributed by atoms with van der Waals surface area (Å²) >= 11 is 0. The summed E-state index contributed by atoms with van der Waals surface area (Å²) in [6.45, 7) is 6.78. The average Bonchev–Trinajstić information content (AvgIpc) is 2.68. The van der Waals surface area contributed by atoms with Crippen LogP contribution in [0.4, 0.5) is 0 Å². The lowest BCUT2D eigenvalue weighted by atomic mass is 10.2. The van der Waals surface area contributed by atoms with Gasteiger partial charge in [0.1, 0.15) is 11.6 Å². The maximum atomic E-state index is 12.5. The first-order valence-electron chi connectivity index (χ1n) is 9.88. The molecule has 0 aliphatic heterocycles. The van der Waals surface area contributed by atoms with Crippen molar-refractivity contribution in [1.29, 1.82) is 0 Å². The number of sulfonamides is 1. The fourth-order valence-electron chi connectivity index (χ4n) is 2.35. The minimum atomic E-state index is -3.98. The Labute approximate surface area is 183 Å². The molecule has 1 atom stereocenters. The number of nitrogens with one attached hydrogen (secondary N) is 3. The van der Waals surface area contributed by atoms with Gasteiger partial charge >= 0.3 is 11.9 Å². The Morgan fingerprint density at radius 1 is 1.10 bits per heavy atom. The smallest absolute Gasteiger partial charge is 0.326 e. The first-order valence-corrected chi connectivity index (χ1v) is 11.4. The lowest BCUT2D eigenvalue weighted by Gasteiger charge is -2.19. The number of benzene rings is 1. The Morgan fingerprint density at radius 2 is 1.74 bits per heavy atom. The van der Waals surface area contributed by atoms with Crippen molar-refractivity contribution in [3.8, 4) is 0 Å². The van der Waals surface area contributed by atoms with Crippen molar-refractivity contribution < 1.29 is 32.3 Å². The van der Waals surface area contributed by atoms with Gasteiger partial charge in [-0.25, -0.2) is 8.42 Å². The molecule has 0 aliphatic rings. The van der Waals surface area contributed by atoms with E-state index in [0.29, 0.717) is 0 Å². The highest BCUT2D eigenvalue weighted by atomic mass is 32.2. The van der Waals surface area contributed by atoms with E-state index < -0.39 is 39.5 Å². The molecule has 1 rings (SSSR count). The second-order valence-electron chi connectivity index (χ2n) is 7.56. The molecule has 0 saturated heterocycles. The molecule has 0 aliphatic carbocycles. The maximum absolute atomic E-state index is 12.5. The summed E-state index contributed by atoms with van der Waals surface area (Å²) < 4.78 is 37.3. The summed E-state index contributed by atoms with van der Waals surface area (Å²) in [7, 11) is -3.98. The van der Waals surface area contributed by atoms with E-state index in [4.69, 9.17) is 9.47 Å². The zero-order chi connectivity index (χ0) is 23.5. The van der Waals surface area contributed by atoms with Gasteiger partial charge in [0.05, 0.1) is 18.0 Å². The largest absolute Gasteiger partial charge is 0.465 e. The van der Waals surface area contributed by atoms with E-state index in [1.54, 1.807) is 45.9 Å². The summed E-state index contributed by atoms with van der Waals surface area (Å²) in [5.74, 6) is -1.67. The molecule has 11 heteroatoms. The predicted molar refractivity (Wildman–Crippen MR) is 114 cm³/mol. The van der Waals surface area contributed by atoms with Crippen molar-refractivity contribution in [2.75, 3.05) is 26.2 Å². The van der Waals surface area contributed by atoms with Gasteiger partial charge in [0.2, 0.25) is 15.9 Å². The predicted octanol–water partition coefficient (Wildman–Crippen LogP) is 0.334. The van der Waals surface area contributed by atoms with Gasteiger partial charge in [0.15, 0.2) is 0 Å². The van der Waals surface area contributed by atoms with Crippen LogP contribution in [0.15, 0.2) is 35.2 Å². The topological polar surface area (TPSA) is 140 Å². The number of carbonyl (C=O) groups excluding carboxylic acids is 3. The fraction of sp³-hybridized carbons (Fsp3) is 0.550. The highest BCUT2D eigenvalue weighted by Crippen LogP contribution is 2.08. The van der Waals surface area contributed by atoms with Gasteiger partial charge < -0.3 is 20.1 Å². The van der Waals surface area contributed by atoms with E-state index in [1.807, 2.05) is 0 Å². The lowest BCUT2D eigenvalue weighted by molar-refractivity contribution is -0.153. The molecule has 0 saturated carbocycles. The zero-order valence-electron chi connectivity index (χ0n) is 18.3. The van der Waals surface area contributed by atoms with Crippen LogP contribution < -0.4 is 15.4 Å². The van der Waals surface area contributed by atoms with E-state index in [9.17, 15) is 22.8 Å². The van der Waals surface area contributed by atoms with Gasteiger partial charge in [-0.15, -0.1) is 0 Å². The SMILES string of the molecule is CCOC(=O)C(CNC(=O)CCNCC(=O)OC(C)(C)C)NS(=O)(=O)c1ccccc1. The third-order valence-corrected chi connectivity index (χ3v) is 5.13. The highest BCUT2D eigenvalue weighted by Gasteiger charge is 2.27. The highest BCUT2D eigenvalue weighted by molar-refractivity contribution is 7.89. The molecule has 1 amide bonds. The van der Waals surface area contributed by atoms with Crippen LogP contribution in [0.25, 0.3) is 0 Å². The van der Waals surface area contributed by atoms with E-state index >= 15 is 0 Å². The van der Waals surface area contributed by atoms with Crippen LogP contribution >= 0.6 is 0 Å². The Hall–Kier alpha value is -2.50. The van der Waals surface area contributed by atoms with Crippen molar-refractivity contribution in [1.82, 2.24) is 15.4 Å². The summed E-state index contributed by atoms with van der Waals surface area (Å²) in [5.41, 5.74) is -0.592. The first-order chi connectivity index (χ1) is 14.4. The second-order valence-corrected chi connectivity index (χ2v) is 9.27. The molecule has 0 aromatic heterocycles. The summed E-state index contributed by atoms with van der Waals surface area (Å²) in [6.07, 6.45) is 0.0176. The van der Waals surface area contributed by atoms with E-state index in [0.717, 1.165) is 0 Å². The molecule has 31 heavy (non-hydrogen) atoms. The quantitative estimate of drug-likeness (QED) is 0.301. The molecular weight excluding hydrogens is 426 g/mol. The number of amides is 1. The minimum absolute atomic E-state index is 0.0121. The normalized spacial score (nSPS) is 12.6. The number of ether oxygens (including phenoxy) is 2. The Kier molecular flexibility index (Phi) is 10.6. The first kappa shape index (κ1) is 26.5. The molecule has 1 aromatic carbocycles. The molecule has 174 valence electrons. The zero-order valence-corrected chi connectivity index (χ0v) is 19.1. The molecule has 1 unspecified atom stereocenters. The minimum Gasteiger partial charge on any atom is -0.465 e. The van der Waals surface area contributed by atoms with Gasteiger partial charge in [0.25, 0.3) is 0 Å². The standard InChI is InChI=1S/C20H31N3O7S/c1-5-29-19(26)16(23-31(27,28)15-9-7-6-8-10-15)13-22-17(24)11-12-21-14-18(25)30-20(2,3)4/h6-10,16,21,23H,5,11-14H2,1-4H3,(H,22,24). The molecular formula is C20H31N3O7S. The Balaban J connectivity index is 2.55. The van der Waals surface area contributed by atoms with Crippen LogP contribution in [0.2, 0.25) is 0 Å². The summed E-state index contributed by atoms with van der Waals surface area (Å²) in [4.78, 5) is 35.8. The van der Waals surface area contributed by atoms with Gasteiger partial charge in [-0.3, -0.25) is 14.4 Å². The van der Waals surface area contributed by atoms with Crippen molar-refractivity contribution in [3.05, 3.63) is 30.3 Å². The fourth-order valence-corrected chi connectivity index (χ4v) is 3.55. The van der Waals surface area contributed by atoms with E-state index in [-0.39, 0.29) is 37.6 Å². The monoisotopic (exact) mass is 457 g/mol. The van der Waals surface area contributed by atoms with E-state index in [2.05, 4.69) is 15.4 Å². The van der Waals surface area contributed by atoms with Crippen LogP contribution in [0.3, 0.4) is 0 Å². The molecule has 0 radical (unpaired) electrons. The Bertz CT molecular complexity index is 836. The van der Waals surface area contributed by atoms with Crippen molar-refractivity contribution >= 4 is 27.9 Å². The van der Waals surface area contributed by atoms with Crippen LogP contribution in [0.5, 0.6) is 0 Å². The average molecular weight is 458 g/mol. The molecule has 0 heterocycles. The van der Waals surface area contributed by atoms with Crippen LogP contribution in [0, 0.1) is 0 Å². The van der Waals surface area contributed by atoms with Crippen molar-refractivity contribution in [3.63, 3.8) is 0 Å². The van der Waals surface area contributed by atoms with Crippen LogP contribution in [-0.4, -0.2) is 64.1 Å². The van der Waals surface area contributed by atoms with Crippen molar-refractivity contribution in [2.45, 2.75) is 50.7 Å². The van der Waals surface area contributed by atoms with Gasteiger partial charge in [-0.05, 0) is 39.8 Å². The third kappa shape index (κ3) is 10.9. The molecule has 3 N–H and O–H groups in total. The number of esters is 2. The molecule has 1 aromatic rings. The van der Waals surface area contributed by atoms with Gasteiger partial charge in [-0.2, -0.15) is 4.72 Å². The molecule has 10 nitrogen and oxygen atoms in total. The molecule has 0 spiro atoms. The summed E-state index contributed by atoms with van der Waals surface area (Å²) in [6, 6.07) is 6.27. The summed E-state index contributed by atoms with van der Waals surface area (Å²) in [5, 5.41) is 5.29. The third-order valence-electron chi connectivity index (χ3n) is 3.64. The Morgan fingerprint density at radius 3 is 2.32 bits per heavy atom. The number of hydrogen-bond donors (Lipinski definition) is 3. The number of rotatable bonds is 12. The van der Waals surface area contributed by atoms with E-state index in [1.165, 1.54) is 12.1 Å². The second kappa shape index (κ2) is 12.4. The maximum Gasteiger partial charge on any atom is 0.326 e. The molecule has 0 bridgehead atoms. The van der Waals surface area contributed by atoms with Gasteiger partial charge in [-0.1, -0.05) is 18.2 Å². The van der Waals surface area contributed by atoms with Crippen molar-refractivity contribution in [2.24, 2.45) is 0 Å².